The van der Waals surface area contributed by atoms with E-state index in [-0.39, 0.29) is 17.3 Å². The number of rotatable bonds is 4. The van der Waals surface area contributed by atoms with E-state index in [1.54, 1.807) is 11.3 Å². The molecule has 2 unspecified atom stereocenters. The van der Waals surface area contributed by atoms with Gasteiger partial charge in [0.1, 0.15) is 0 Å². The summed E-state index contributed by atoms with van der Waals surface area (Å²) in [6.45, 7) is 2.10. The SMILES string of the molecule is C[C@H](NC1CCCC1S(C)(=O)=O)c1cccs1. The van der Waals surface area contributed by atoms with Crippen LogP contribution in [0.3, 0.4) is 0 Å². The first-order chi connectivity index (χ1) is 7.98. The second-order valence-corrected chi connectivity index (χ2v) is 8.05. The zero-order valence-corrected chi connectivity index (χ0v) is 11.9. The van der Waals surface area contributed by atoms with Gasteiger partial charge in [0.25, 0.3) is 0 Å². The van der Waals surface area contributed by atoms with Crippen LogP contribution >= 0.6 is 11.3 Å². The third kappa shape index (κ3) is 3.09. The summed E-state index contributed by atoms with van der Waals surface area (Å²) >= 11 is 1.71. The van der Waals surface area contributed by atoms with Crippen LogP contribution in [-0.2, 0) is 9.84 Å². The molecular weight excluding hydrogens is 254 g/mol. The normalized spacial score (nSPS) is 27.2. The Morgan fingerprint density at radius 2 is 2.24 bits per heavy atom. The Morgan fingerprint density at radius 3 is 2.82 bits per heavy atom. The maximum atomic E-state index is 11.7. The molecular formula is C12H19NO2S2. The predicted octanol–water partition coefficient (Wildman–Crippen LogP) is 2.36. The van der Waals surface area contributed by atoms with Crippen molar-refractivity contribution in [2.24, 2.45) is 0 Å². The summed E-state index contributed by atoms with van der Waals surface area (Å²) in [4.78, 5) is 1.27. The monoisotopic (exact) mass is 273 g/mol. The summed E-state index contributed by atoms with van der Waals surface area (Å²) in [5, 5.41) is 5.32. The lowest BCUT2D eigenvalue weighted by molar-refractivity contribution is 0.459. The van der Waals surface area contributed by atoms with E-state index in [2.05, 4.69) is 23.7 Å². The van der Waals surface area contributed by atoms with Crippen LogP contribution in [0, 0.1) is 0 Å². The third-order valence-electron chi connectivity index (χ3n) is 3.44. The summed E-state index contributed by atoms with van der Waals surface area (Å²) in [5.41, 5.74) is 0. The van der Waals surface area contributed by atoms with Gasteiger partial charge in [-0.1, -0.05) is 12.5 Å². The molecule has 1 fully saturated rings. The highest BCUT2D eigenvalue weighted by Gasteiger charge is 2.35. The van der Waals surface area contributed by atoms with Crippen molar-refractivity contribution in [1.29, 1.82) is 0 Å². The van der Waals surface area contributed by atoms with E-state index >= 15 is 0 Å². The van der Waals surface area contributed by atoms with E-state index in [0.717, 1.165) is 19.3 Å². The Kier molecular flexibility index (Phi) is 3.90. The van der Waals surface area contributed by atoms with Crippen molar-refractivity contribution >= 4 is 21.2 Å². The topological polar surface area (TPSA) is 46.2 Å². The molecule has 1 aromatic heterocycles. The van der Waals surface area contributed by atoms with Crippen molar-refractivity contribution in [2.75, 3.05) is 6.26 Å². The molecule has 2 rings (SSSR count). The van der Waals surface area contributed by atoms with Gasteiger partial charge in [-0.3, -0.25) is 0 Å². The van der Waals surface area contributed by atoms with Gasteiger partial charge in [-0.15, -0.1) is 11.3 Å². The summed E-state index contributed by atoms with van der Waals surface area (Å²) in [6, 6.07) is 4.47. The molecule has 0 aliphatic heterocycles. The van der Waals surface area contributed by atoms with Crippen LogP contribution in [0.4, 0.5) is 0 Å². The van der Waals surface area contributed by atoms with Crippen molar-refractivity contribution in [3.63, 3.8) is 0 Å². The van der Waals surface area contributed by atoms with Crippen molar-refractivity contribution in [3.8, 4) is 0 Å². The van der Waals surface area contributed by atoms with Crippen molar-refractivity contribution in [2.45, 2.75) is 43.5 Å². The van der Waals surface area contributed by atoms with Crippen LogP contribution in [0.25, 0.3) is 0 Å². The highest BCUT2D eigenvalue weighted by Crippen LogP contribution is 2.28. The van der Waals surface area contributed by atoms with Crippen LogP contribution in [-0.4, -0.2) is 26.0 Å². The fourth-order valence-electron chi connectivity index (χ4n) is 2.57. The molecule has 1 N–H and O–H groups in total. The molecule has 96 valence electrons. The average molecular weight is 273 g/mol. The van der Waals surface area contributed by atoms with E-state index < -0.39 is 9.84 Å². The zero-order valence-electron chi connectivity index (χ0n) is 10.2. The first-order valence-electron chi connectivity index (χ1n) is 5.97. The highest BCUT2D eigenvalue weighted by molar-refractivity contribution is 7.91. The molecule has 3 atom stereocenters. The molecule has 3 nitrogen and oxygen atoms in total. The molecule has 0 spiro atoms. The van der Waals surface area contributed by atoms with Crippen molar-refractivity contribution in [3.05, 3.63) is 22.4 Å². The number of nitrogens with one attached hydrogen (secondary N) is 1. The molecule has 0 amide bonds. The van der Waals surface area contributed by atoms with Gasteiger partial charge in [0, 0.05) is 23.2 Å². The van der Waals surface area contributed by atoms with Gasteiger partial charge in [-0.25, -0.2) is 8.42 Å². The van der Waals surface area contributed by atoms with Gasteiger partial charge in [0.2, 0.25) is 0 Å². The minimum Gasteiger partial charge on any atom is -0.305 e. The first kappa shape index (κ1) is 13.1. The lowest BCUT2D eigenvalue weighted by atomic mass is 10.2. The van der Waals surface area contributed by atoms with Crippen LogP contribution in [0.5, 0.6) is 0 Å². The third-order valence-corrected chi connectivity index (χ3v) is 6.16. The summed E-state index contributed by atoms with van der Waals surface area (Å²) in [5.74, 6) is 0. The Balaban J connectivity index is 2.04. The average Bonchev–Trinajstić information content (AvgIpc) is 2.85. The molecule has 0 radical (unpaired) electrons. The molecule has 1 heterocycles. The maximum absolute atomic E-state index is 11.7. The molecule has 1 aliphatic rings. The van der Waals surface area contributed by atoms with E-state index in [1.807, 2.05) is 6.07 Å². The standard InChI is InChI=1S/C12H19NO2S2/c1-9(11-6-4-8-16-11)13-10-5-3-7-12(10)17(2,14)15/h4,6,8-10,12-13H,3,5,7H2,1-2H3/t9-,10?,12?/m0/s1. The Labute approximate surface area is 107 Å². The Bertz CT molecular complexity index is 453. The molecule has 0 bridgehead atoms. The van der Waals surface area contributed by atoms with Crippen LogP contribution in [0.15, 0.2) is 17.5 Å². The van der Waals surface area contributed by atoms with Gasteiger partial charge >= 0.3 is 0 Å². The summed E-state index contributed by atoms with van der Waals surface area (Å²) in [6.07, 6.45) is 4.13. The Morgan fingerprint density at radius 1 is 1.47 bits per heavy atom. The van der Waals surface area contributed by atoms with Gasteiger partial charge < -0.3 is 5.32 Å². The zero-order chi connectivity index (χ0) is 12.5. The van der Waals surface area contributed by atoms with E-state index in [1.165, 1.54) is 11.1 Å². The molecule has 17 heavy (non-hydrogen) atoms. The van der Waals surface area contributed by atoms with E-state index in [4.69, 9.17) is 0 Å². The first-order valence-corrected chi connectivity index (χ1v) is 8.80. The fraction of sp³-hybridized carbons (Fsp3) is 0.667. The van der Waals surface area contributed by atoms with Gasteiger partial charge in [-0.2, -0.15) is 0 Å². The molecule has 5 heteroatoms. The molecule has 1 saturated carbocycles. The summed E-state index contributed by atoms with van der Waals surface area (Å²) < 4.78 is 23.3. The van der Waals surface area contributed by atoms with Crippen LogP contribution in [0.1, 0.15) is 37.1 Å². The van der Waals surface area contributed by atoms with E-state index in [0.29, 0.717) is 0 Å². The Hall–Kier alpha value is -0.390. The molecule has 0 saturated heterocycles. The second-order valence-electron chi connectivity index (χ2n) is 4.81. The minimum atomic E-state index is -2.93. The quantitative estimate of drug-likeness (QED) is 0.916. The van der Waals surface area contributed by atoms with Crippen molar-refractivity contribution < 1.29 is 8.42 Å². The minimum absolute atomic E-state index is 0.113. The predicted molar refractivity (Wildman–Crippen MR) is 72.1 cm³/mol. The largest absolute Gasteiger partial charge is 0.305 e. The number of hydrogen-bond donors (Lipinski definition) is 1. The van der Waals surface area contributed by atoms with Crippen LogP contribution < -0.4 is 5.32 Å². The smallest absolute Gasteiger partial charge is 0.151 e. The molecule has 0 aromatic carbocycles. The van der Waals surface area contributed by atoms with Gasteiger partial charge in [0.15, 0.2) is 9.84 Å². The fourth-order valence-corrected chi connectivity index (χ4v) is 4.72. The summed E-state index contributed by atoms with van der Waals surface area (Å²) in [7, 11) is -2.93. The van der Waals surface area contributed by atoms with Crippen molar-refractivity contribution in [1.82, 2.24) is 5.32 Å². The van der Waals surface area contributed by atoms with Gasteiger partial charge in [-0.05, 0) is 31.2 Å². The number of thiophene rings is 1. The lowest BCUT2D eigenvalue weighted by Crippen LogP contribution is -2.40. The maximum Gasteiger partial charge on any atom is 0.151 e. The lowest BCUT2D eigenvalue weighted by Gasteiger charge is -2.23. The molecule has 1 aromatic rings. The van der Waals surface area contributed by atoms with Gasteiger partial charge in [0.05, 0.1) is 5.25 Å². The second kappa shape index (κ2) is 5.08. The van der Waals surface area contributed by atoms with E-state index in [9.17, 15) is 8.42 Å². The van der Waals surface area contributed by atoms with Crippen LogP contribution in [0.2, 0.25) is 0 Å². The number of hydrogen-bond acceptors (Lipinski definition) is 4. The molecule has 1 aliphatic carbocycles. The number of sulfone groups is 1. The highest BCUT2D eigenvalue weighted by atomic mass is 32.2.